The highest BCUT2D eigenvalue weighted by Crippen LogP contribution is 2.41. The van der Waals surface area contributed by atoms with E-state index in [1.54, 1.807) is 13.8 Å². The van der Waals surface area contributed by atoms with E-state index in [0.29, 0.717) is 17.7 Å². The lowest BCUT2D eigenvalue weighted by Crippen LogP contribution is -2.44. The number of carbonyl (C=O) groups excluding carboxylic acids is 3. The summed E-state index contributed by atoms with van der Waals surface area (Å²) in [6.07, 6.45) is 1.26. The van der Waals surface area contributed by atoms with E-state index in [4.69, 9.17) is 19.6 Å². The van der Waals surface area contributed by atoms with E-state index in [1.165, 1.54) is 26.0 Å². The molecule has 0 radical (unpaired) electrons. The molecule has 2 atom stereocenters. The number of hydrogen-bond acceptors (Lipinski definition) is 10. The number of esters is 2. The van der Waals surface area contributed by atoms with Crippen molar-refractivity contribution in [3.05, 3.63) is 17.0 Å². The van der Waals surface area contributed by atoms with Gasteiger partial charge < -0.3 is 19.6 Å². The van der Waals surface area contributed by atoms with Crippen LogP contribution in [0.15, 0.2) is 16.5 Å². The topological polar surface area (TPSA) is 163 Å². The Bertz CT molecular complexity index is 1130. The van der Waals surface area contributed by atoms with Crippen LogP contribution < -0.4 is 21.4 Å². The molecule has 2 heterocycles. The van der Waals surface area contributed by atoms with E-state index in [1.807, 2.05) is 20.8 Å². The van der Waals surface area contributed by atoms with Crippen molar-refractivity contribution in [2.75, 3.05) is 18.9 Å². The number of ketones is 1. The standard InChI is InChI=1S/C24H37N4O7PS/c1-8-24(7,9-2)20(29)19-18(26-23(25)37-19)16-12-13-17(35-16)36(32,27-14(5)21(30)33-10-3)28-15(6)22(31)34-11-4/h12-15H,8-11H2,1-7H3,(H2,25,26)(H2,27,28,32)/t14-,15-/m0/s1. The molecule has 0 aliphatic carbocycles. The number of nitrogen functional groups attached to an aromatic ring is 1. The average molecular weight is 557 g/mol. The third-order valence-electron chi connectivity index (χ3n) is 6.13. The molecular weight excluding hydrogens is 519 g/mol. The lowest BCUT2D eigenvalue weighted by Gasteiger charge is -2.25. The second-order valence-electron chi connectivity index (χ2n) is 8.78. The summed E-state index contributed by atoms with van der Waals surface area (Å²) in [6, 6.07) is 0.968. The zero-order valence-electron chi connectivity index (χ0n) is 22.4. The van der Waals surface area contributed by atoms with E-state index < -0.39 is 36.9 Å². The third-order valence-corrected chi connectivity index (χ3v) is 9.37. The lowest BCUT2D eigenvalue weighted by molar-refractivity contribution is -0.145. The van der Waals surface area contributed by atoms with Gasteiger partial charge in [-0.2, -0.15) is 0 Å². The number of aromatic nitrogens is 1. The van der Waals surface area contributed by atoms with Crippen molar-refractivity contribution in [3.8, 4) is 11.5 Å². The summed E-state index contributed by atoms with van der Waals surface area (Å²) in [5.74, 6) is -1.18. The number of ether oxygens (including phenoxy) is 2. The molecule has 2 aromatic rings. The van der Waals surface area contributed by atoms with Crippen LogP contribution in [-0.4, -0.2) is 48.0 Å². The molecule has 0 saturated carbocycles. The number of Topliss-reactive ketones (excluding diaryl/α,β-unsaturated/α-hetero) is 1. The molecule has 0 bridgehead atoms. The Kier molecular flexibility index (Phi) is 10.6. The Labute approximate surface area is 221 Å². The molecular formula is C24H37N4O7PS. The Morgan fingerprint density at radius 1 is 1.05 bits per heavy atom. The number of nitrogens with one attached hydrogen (secondary N) is 2. The highest BCUT2D eigenvalue weighted by Gasteiger charge is 2.38. The van der Waals surface area contributed by atoms with Crippen LogP contribution >= 0.6 is 18.8 Å². The van der Waals surface area contributed by atoms with Gasteiger partial charge in [0.05, 0.1) is 13.2 Å². The predicted octanol–water partition coefficient (Wildman–Crippen LogP) is 3.90. The van der Waals surface area contributed by atoms with Gasteiger partial charge in [-0.15, -0.1) is 0 Å². The molecule has 206 valence electrons. The van der Waals surface area contributed by atoms with Gasteiger partial charge in [0.2, 0.25) is 0 Å². The van der Waals surface area contributed by atoms with Gasteiger partial charge in [0, 0.05) is 5.41 Å². The number of furan rings is 1. The Balaban J connectivity index is 2.52. The lowest BCUT2D eigenvalue weighted by atomic mass is 9.79. The predicted molar refractivity (Wildman–Crippen MR) is 143 cm³/mol. The fraction of sp³-hybridized carbons (Fsp3) is 0.583. The maximum Gasteiger partial charge on any atom is 0.323 e. The van der Waals surface area contributed by atoms with Crippen molar-refractivity contribution in [2.24, 2.45) is 5.41 Å². The first-order valence-electron chi connectivity index (χ1n) is 12.3. The number of thiazole rings is 1. The summed E-state index contributed by atoms with van der Waals surface area (Å²) < 4.78 is 30.1. The Hall–Kier alpha value is -2.53. The number of nitrogens with two attached hydrogens (primary N) is 1. The van der Waals surface area contributed by atoms with Crippen LogP contribution in [0.25, 0.3) is 11.5 Å². The molecule has 11 nitrogen and oxygen atoms in total. The van der Waals surface area contributed by atoms with E-state index >= 15 is 0 Å². The van der Waals surface area contributed by atoms with Gasteiger partial charge in [-0.1, -0.05) is 32.1 Å². The summed E-state index contributed by atoms with van der Waals surface area (Å²) in [4.78, 5) is 42.6. The molecule has 13 heteroatoms. The molecule has 0 fully saturated rings. The van der Waals surface area contributed by atoms with Crippen molar-refractivity contribution in [2.45, 2.75) is 73.4 Å². The molecule has 37 heavy (non-hydrogen) atoms. The number of nitrogens with zero attached hydrogens (tertiary/aromatic N) is 1. The smallest absolute Gasteiger partial charge is 0.323 e. The zero-order chi connectivity index (χ0) is 28.0. The van der Waals surface area contributed by atoms with E-state index in [-0.39, 0.29) is 41.1 Å². The van der Waals surface area contributed by atoms with Gasteiger partial charge in [-0.05, 0) is 52.7 Å². The first-order valence-corrected chi connectivity index (χ1v) is 14.8. The van der Waals surface area contributed by atoms with Crippen LogP contribution in [0, 0.1) is 5.41 Å². The summed E-state index contributed by atoms with van der Waals surface area (Å²) in [5.41, 5.74) is 5.52. The van der Waals surface area contributed by atoms with Gasteiger partial charge in [0.25, 0.3) is 7.44 Å². The number of anilines is 1. The van der Waals surface area contributed by atoms with Gasteiger partial charge in [-0.3, -0.25) is 18.9 Å². The Morgan fingerprint density at radius 3 is 2.03 bits per heavy atom. The van der Waals surface area contributed by atoms with Crippen LogP contribution in [0.3, 0.4) is 0 Å². The maximum atomic E-state index is 14.1. The molecule has 0 aromatic carbocycles. The minimum Gasteiger partial charge on any atom is -0.465 e. The fourth-order valence-corrected chi connectivity index (χ4v) is 6.55. The second kappa shape index (κ2) is 12.8. The number of carbonyl (C=O) groups is 3. The van der Waals surface area contributed by atoms with Crippen LogP contribution in [0.5, 0.6) is 0 Å². The summed E-state index contributed by atoms with van der Waals surface area (Å²) in [5, 5.41) is 5.65. The first kappa shape index (κ1) is 30.7. The van der Waals surface area contributed by atoms with Crippen molar-refractivity contribution in [1.82, 2.24) is 15.2 Å². The van der Waals surface area contributed by atoms with Crippen molar-refractivity contribution >= 4 is 47.1 Å². The SMILES string of the molecule is CCOC(=O)[C@H](C)NP(=O)(N[C@@H](C)C(=O)OCC)c1ccc(-c2nc(N)sc2C(=O)C(C)(CC)CC)o1. The largest absolute Gasteiger partial charge is 0.465 e. The van der Waals surface area contributed by atoms with E-state index in [0.717, 1.165) is 11.3 Å². The first-order chi connectivity index (χ1) is 17.3. The number of hydrogen-bond donors (Lipinski definition) is 3. The van der Waals surface area contributed by atoms with Crippen LogP contribution in [-0.2, 0) is 23.6 Å². The molecule has 2 aromatic heterocycles. The average Bonchev–Trinajstić information content (AvgIpc) is 3.50. The monoisotopic (exact) mass is 556 g/mol. The van der Waals surface area contributed by atoms with Crippen LogP contribution in [0.4, 0.5) is 5.13 Å². The van der Waals surface area contributed by atoms with Crippen molar-refractivity contribution < 1.29 is 32.8 Å². The summed E-state index contributed by atoms with van der Waals surface area (Å²) >= 11 is 1.07. The van der Waals surface area contributed by atoms with Crippen LogP contribution in [0.1, 0.15) is 71.0 Å². The fourth-order valence-electron chi connectivity index (χ4n) is 3.48. The second-order valence-corrected chi connectivity index (χ2v) is 12.0. The summed E-state index contributed by atoms with van der Waals surface area (Å²) in [6.45, 7) is 12.3. The van der Waals surface area contributed by atoms with Crippen molar-refractivity contribution in [3.63, 3.8) is 0 Å². The molecule has 0 unspecified atom stereocenters. The molecule has 4 N–H and O–H groups in total. The normalized spacial score (nSPS) is 13.7. The third kappa shape index (κ3) is 7.07. The van der Waals surface area contributed by atoms with Gasteiger partial charge in [-0.25, -0.2) is 15.2 Å². The maximum absolute atomic E-state index is 14.1. The highest BCUT2D eigenvalue weighted by molar-refractivity contribution is 7.67. The number of rotatable bonds is 14. The highest BCUT2D eigenvalue weighted by atomic mass is 32.1. The van der Waals surface area contributed by atoms with Gasteiger partial charge >= 0.3 is 11.9 Å². The zero-order valence-corrected chi connectivity index (χ0v) is 24.1. The molecule has 0 aliphatic rings. The van der Waals surface area contributed by atoms with Gasteiger partial charge in [0.1, 0.15) is 22.7 Å². The van der Waals surface area contributed by atoms with E-state index in [2.05, 4.69) is 15.2 Å². The molecule has 0 spiro atoms. The van der Waals surface area contributed by atoms with Gasteiger partial charge in [0.15, 0.2) is 22.2 Å². The summed E-state index contributed by atoms with van der Waals surface area (Å²) in [7, 11) is -3.92. The minimum atomic E-state index is -3.92. The molecule has 2 rings (SSSR count). The van der Waals surface area contributed by atoms with E-state index in [9.17, 15) is 18.9 Å². The minimum absolute atomic E-state index is 0.0755. The quantitative estimate of drug-likeness (QED) is 0.176. The van der Waals surface area contributed by atoms with Crippen molar-refractivity contribution in [1.29, 1.82) is 0 Å². The Morgan fingerprint density at radius 2 is 1.57 bits per heavy atom. The molecule has 0 amide bonds. The molecule has 0 aliphatic heterocycles. The molecule has 0 saturated heterocycles. The van der Waals surface area contributed by atoms with Crippen LogP contribution in [0.2, 0.25) is 0 Å².